The summed E-state index contributed by atoms with van der Waals surface area (Å²) in [6.45, 7) is 0. The van der Waals surface area contributed by atoms with Gasteiger partial charge in [-0.05, 0) is 80.1 Å². The summed E-state index contributed by atoms with van der Waals surface area (Å²) in [5, 5.41) is 8.50. The quantitative estimate of drug-likeness (QED) is 0.492. The van der Waals surface area contributed by atoms with Gasteiger partial charge in [0.2, 0.25) is 0 Å². The molecular weight excluding hydrogens is 314 g/mol. The van der Waals surface area contributed by atoms with Gasteiger partial charge < -0.3 is 5.32 Å². The minimum Gasteiger partial charge on any atom is -0.356 e. The summed E-state index contributed by atoms with van der Waals surface area (Å²) >= 11 is 5.47. The SMILES string of the molecule is S=C(NN=CC=Cc1ccccc1)NC12CC3CC(CC(C3)C1)C2. The second-order valence-corrected chi connectivity index (χ2v) is 8.22. The number of hydrogen-bond donors (Lipinski definition) is 2. The summed E-state index contributed by atoms with van der Waals surface area (Å²) in [5.41, 5.74) is 4.39. The van der Waals surface area contributed by atoms with Gasteiger partial charge in [-0.1, -0.05) is 36.4 Å². The van der Waals surface area contributed by atoms with Gasteiger partial charge in [0.05, 0.1) is 0 Å². The van der Waals surface area contributed by atoms with Crippen molar-refractivity contribution < 1.29 is 0 Å². The average molecular weight is 340 g/mol. The summed E-state index contributed by atoms with van der Waals surface area (Å²) in [5.74, 6) is 2.76. The molecule has 5 rings (SSSR count). The Balaban J connectivity index is 1.28. The summed E-state index contributed by atoms with van der Waals surface area (Å²) in [7, 11) is 0. The van der Waals surface area contributed by atoms with Gasteiger partial charge in [0.1, 0.15) is 0 Å². The molecule has 4 bridgehead atoms. The zero-order valence-electron chi connectivity index (χ0n) is 13.9. The van der Waals surface area contributed by atoms with Crippen molar-refractivity contribution in [3.05, 3.63) is 42.0 Å². The fourth-order valence-electron chi connectivity index (χ4n) is 5.39. The normalized spacial score (nSPS) is 34.1. The van der Waals surface area contributed by atoms with Gasteiger partial charge in [-0.3, -0.25) is 5.43 Å². The molecule has 1 aromatic carbocycles. The monoisotopic (exact) mass is 339 g/mol. The van der Waals surface area contributed by atoms with E-state index in [2.05, 4.69) is 28.0 Å². The van der Waals surface area contributed by atoms with Crippen molar-refractivity contribution in [3.8, 4) is 0 Å². The molecule has 0 heterocycles. The van der Waals surface area contributed by atoms with Gasteiger partial charge in [0.25, 0.3) is 0 Å². The number of benzene rings is 1. The molecule has 0 aromatic heterocycles. The first-order chi connectivity index (χ1) is 11.7. The van der Waals surface area contributed by atoms with Crippen molar-refractivity contribution in [2.45, 2.75) is 44.1 Å². The maximum Gasteiger partial charge on any atom is 0.187 e. The summed E-state index contributed by atoms with van der Waals surface area (Å²) in [6, 6.07) is 10.2. The largest absolute Gasteiger partial charge is 0.356 e. The topological polar surface area (TPSA) is 36.4 Å². The lowest BCUT2D eigenvalue weighted by molar-refractivity contribution is -0.0101. The highest BCUT2D eigenvalue weighted by molar-refractivity contribution is 7.80. The van der Waals surface area contributed by atoms with Crippen LogP contribution in [0.5, 0.6) is 0 Å². The number of hydrazone groups is 1. The van der Waals surface area contributed by atoms with Crippen LogP contribution in [-0.4, -0.2) is 16.9 Å². The minimum atomic E-state index is 0.244. The molecule has 0 atom stereocenters. The fourth-order valence-corrected chi connectivity index (χ4v) is 5.66. The first-order valence-corrected chi connectivity index (χ1v) is 9.45. The van der Waals surface area contributed by atoms with Crippen LogP contribution in [0.15, 0.2) is 41.5 Å². The molecule has 0 radical (unpaired) electrons. The molecule has 4 fully saturated rings. The van der Waals surface area contributed by atoms with Crippen LogP contribution in [0.3, 0.4) is 0 Å². The molecule has 24 heavy (non-hydrogen) atoms. The Kier molecular flexibility index (Phi) is 4.40. The van der Waals surface area contributed by atoms with E-state index < -0.39 is 0 Å². The summed E-state index contributed by atoms with van der Waals surface area (Å²) in [6.07, 6.45) is 13.9. The van der Waals surface area contributed by atoms with Crippen LogP contribution in [0.1, 0.15) is 44.1 Å². The number of nitrogens with one attached hydrogen (secondary N) is 2. The molecule has 0 unspecified atom stereocenters. The van der Waals surface area contributed by atoms with E-state index in [1.54, 1.807) is 6.21 Å². The molecule has 0 saturated heterocycles. The molecule has 4 aliphatic rings. The van der Waals surface area contributed by atoms with Gasteiger partial charge in [0.15, 0.2) is 5.11 Å². The van der Waals surface area contributed by atoms with E-state index in [-0.39, 0.29) is 5.54 Å². The molecule has 2 N–H and O–H groups in total. The van der Waals surface area contributed by atoms with Crippen LogP contribution >= 0.6 is 12.2 Å². The van der Waals surface area contributed by atoms with E-state index in [0.717, 1.165) is 17.8 Å². The number of nitrogens with zero attached hydrogens (tertiary/aromatic N) is 1. The van der Waals surface area contributed by atoms with E-state index in [1.165, 1.54) is 44.1 Å². The maximum atomic E-state index is 5.47. The Morgan fingerprint density at radius 2 is 1.67 bits per heavy atom. The Hall–Kier alpha value is -1.68. The van der Waals surface area contributed by atoms with Crippen molar-refractivity contribution in [1.82, 2.24) is 10.7 Å². The first kappa shape index (κ1) is 15.8. The van der Waals surface area contributed by atoms with Crippen molar-refractivity contribution in [3.63, 3.8) is 0 Å². The number of hydrogen-bond acceptors (Lipinski definition) is 2. The molecule has 0 spiro atoms. The van der Waals surface area contributed by atoms with Crippen LogP contribution in [0.4, 0.5) is 0 Å². The number of thiocarbonyl (C=S) groups is 1. The summed E-state index contributed by atoms with van der Waals surface area (Å²) in [4.78, 5) is 0. The predicted molar refractivity (Wildman–Crippen MR) is 104 cm³/mol. The van der Waals surface area contributed by atoms with E-state index in [9.17, 15) is 0 Å². The molecule has 1 aromatic rings. The van der Waals surface area contributed by atoms with Crippen molar-refractivity contribution in [1.29, 1.82) is 0 Å². The molecule has 4 heteroatoms. The molecule has 3 nitrogen and oxygen atoms in total. The highest BCUT2D eigenvalue weighted by atomic mass is 32.1. The van der Waals surface area contributed by atoms with Gasteiger partial charge in [-0.2, -0.15) is 5.10 Å². The van der Waals surface area contributed by atoms with E-state index in [1.807, 2.05) is 30.4 Å². The highest BCUT2D eigenvalue weighted by Crippen LogP contribution is 2.55. The predicted octanol–water partition coefficient (Wildman–Crippen LogP) is 4.12. The Morgan fingerprint density at radius 3 is 2.29 bits per heavy atom. The van der Waals surface area contributed by atoms with Crippen LogP contribution in [0.2, 0.25) is 0 Å². The smallest absolute Gasteiger partial charge is 0.187 e. The molecule has 4 saturated carbocycles. The van der Waals surface area contributed by atoms with Gasteiger partial charge in [-0.25, -0.2) is 0 Å². The van der Waals surface area contributed by atoms with Crippen LogP contribution in [-0.2, 0) is 0 Å². The third-order valence-electron chi connectivity index (χ3n) is 5.83. The van der Waals surface area contributed by atoms with E-state index in [0.29, 0.717) is 5.11 Å². The third-order valence-corrected chi connectivity index (χ3v) is 6.03. The highest BCUT2D eigenvalue weighted by Gasteiger charge is 2.51. The second-order valence-electron chi connectivity index (χ2n) is 7.81. The zero-order chi connectivity index (χ0) is 16.4. The number of rotatable bonds is 4. The van der Waals surface area contributed by atoms with Crippen molar-refractivity contribution in [2.75, 3.05) is 0 Å². The van der Waals surface area contributed by atoms with E-state index in [4.69, 9.17) is 12.2 Å². The molecule has 126 valence electrons. The Labute approximate surface area is 149 Å². The molecule has 0 amide bonds. The fraction of sp³-hybridized carbons (Fsp3) is 0.500. The average Bonchev–Trinajstić information content (AvgIpc) is 2.53. The first-order valence-electron chi connectivity index (χ1n) is 9.04. The van der Waals surface area contributed by atoms with Crippen molar-refractivity contribution >= 4 is 29.6 Å². The van der Waals surface area contributed by atoms with Crippen LogP contribution in [0.25, 0.3) is 6.08 Å². The molecule has 0 aliphatic heterocycles. The zero-order valence-corrected chi connectivity index (χ0v) is 14.8. The maximum absolute atomic E-state index is 5.47. The van der Waals surface area contributed by atoms with Crippen LogP contribution in [0, 0.1) is 17.8 Å². The van der Waals surface area contributed by atoms with Gasteiger partial charge in [0, 0.05) is 11.8 Å². The standard InChI is InChI=1S/C20H25N3S/c24-19(23-21-8-4-7-15-5-2-1-3-6-15)22-20-12-16-9-17(13-20)11-18(10-16)14-20/h1-8,16-18H,9-14H2,(H2,22,23,24). The lowest BCUT2D eigenvalue weighted by Gasteiger charge is -2.57. The van der Waals surface area contributed by atoms with Crippen molar-refractivity contribution in [2.24, 2.45) is 22.9 Å². The lowest BCUT2D eigenvalue weighted by atomic mass is 9.53. The lowest BCUT2D eigenvalue weighted by Crippen LogP contribution is -2.61. The third kappa shape index (κ3) is 3.54. The molecule has 4 aliphatic carbocycles. The summed E-state index contributed by atoms with van der Waals surface area (Å²) < 4.78 is 0. The van der Waals surface area contributed by atoms with Gasteiger partial charge in [-0.15, -0.1) is 0 Å². The minimum absolute atomic E-state index is 0.244. The van der Waals surface area contributed by atoms with Gasteiger partial charge >= 0.3 is 0 Å². The number of allylic oxidation sites excluding steroid dienone is 1. The second kappa shape index (κ2) is 6.67. The van der Waals surface area contributed by atoms with E-state index >= 15 is 0 Å². The molecular formula is C20H25N3S. The Bertz CT molecular complexity index is 615. The Morgan fingerprint density at radius 1 is 1.04 bits per heavy atom. The van der Waals surface area contributed by atoms with Crippen LogP contribution < -0.4 is 10.7 Å².